The van der Waals surface area contributed by atoms with Gasteiger partial charge in [-0.15, -0.1) is 0 Å². The van der Waals surface area contributed by atoms with Gasteiger partial charge in [0.1, 0.15) is 6.04 Å². The van der Waals surface area contributed by atoms with Crippen LogP contribution in [0.3, 0.4) is 0 Å². The average Bonchev–Trinajstić information content (AvgIpc) is 2.76. The first-order valence-corrected chi connectivity index (χ1v) is 9.82. The summed E-state index contributed by atoms with van der Waals surface area (Å²) < 4.78 is 5.04. The number of imide groups is 1. The minimum Gasteiger partial charge on any atom is -0.454 e. The minimum atomic E-state index is -0.948. The van der Waals surface area contributed by atoms with E-state index < -0.39 is 36.3 Å². The summed E-state index contributed by atoms with van der Waals surface area (Å²) in [5.41, 5.74) is 0.650. The van der Waals surface area contributed by atoms with E-state index in [1.54, 1.807) is 61.5 Å². The van der Waals surface area contributed by atoms with E-state index in [0.29, 0.717) is 22.6 Å². The summed E-state index contributed by atoms with van der Waals surface area (Å²) in [6.45, 7) is 3.01. The molecule has 0 aliphatic carbocycles. The molecule has 0 saturated heterocycles. The van der Waals surface area contributed by atoms with Gasteiger partial charge in [-0.05, 0) is 42.3 Å². The standard InChI is InChI=1S/C22H23ClN2O5/c1-3-14(2)19(25-21(28)16-9-11-17(23)12-10-16)22(29)30-13-18(26)24-20(27)15-7-5-4-6-8-15/h4-12,14,19H,3,13H2,1-2H3,(H,25,28)(H,24,26,27)/t14-,19-/m0/s1. The average molecular weight is 431 g/mol. The van der Waals surface area contributed by atoms with E-state index in [2.05, 4.69) is 10.6 Å². The molecule has 0 aromatic heterocycles. The molecule has 0 heterocycles. The Labute approximate surface area is 179 Å². The van der Waals surface area contributed by atoms with Crippen molar-refractivity contribution < 1.29 is 23.9 Å². The van der Waals surface area contributed by atoms with Crippen LogP contribution in [0.4, 0.5) is 0 Å². The maximum Gasteiger partial charge on any atom is 0.329 e. The zero-order valence-corrected chi connectivity index (χ0v) is 17.4. The Hall–Kier alpha value is -3.19. The predicted octanol–water partition coefficient (Wildman–Crippen LogP) is 2.98. The van der Waals surface area contributed by atoms with E-state index >= 15 is 0 Å². The molecular weight excluding hydrogens is 408 g/mol. The van der Waals surface area contributed by atoms with Gasteiger partial charge in [-0.2, -0.15) is 0 Å². The number of hydrogen-bond acceptors (Lipinski definition) is 5. The van der Waals surface area contributed by atoms with E-state index in [1.807, 2.05) is 6.92 Å². The van der Waals surface area contributed by atoms with Gasteiger partial charge in [-0.1, -0.05) is 50.1 Å². The first-order chi connectivity index (χ1) is 14.3. The third kappa shape index (κ3) is 6.70. The van der Waals surface area contributed by atoms with E-state index in [1.165, 1.54) is 0 Å². The number of rotatable bonds is 8. The molecule has 0 saturated carbocycles. The van der Waals surface area contributed by atoms with Crippen LogP contribution in [0.2, 0.25) is 5.02 Å². The van der Waals surface area contributed by atoms with Crippen LogP contribution in [0.1, 0.15) is 41.0 Å². The van der Waals surface area contributed by atoms with Crippen LogP contribution in [0.25, 0.3) is 0 Å². The molecule has 0 unspecified atom stereocenters. The van der Waals surface area contributed by atoms with Gasteiger partial charge in [0.25, 0.3) is 17.7 Å². The van der Waals surface area contributed by atoms with Crippen molar-refractivity contribution in [3.63, 3.8) is 0 Å². The number of hydrogen-bond donors (Lipinski definition) is 2. The summed E-state index contributed by atoms with van der Waals surface area (Å²) in [6, 6.07) is 13.5. The molecule has 2 atom stereocenters. The fourth-order valence-corrected chi connectivity index (χ4v) is 2.67. The molecule has 0 aliphatic heterocycles. The largest absolute Gasteiger partial charge is 0.454 e. The summed E-state index contributed by atoms with van der Waals surface area (Å²) in [4.78, 5) is 48.9. The molecule has 3 amide bonds. The topological polar surface area (TPSA) is 102 Å². The molecule has 2 N–H and O–H groups in total. The Morgan fingerprint density at radius 1 is 0.933 bits per heavy atom. The maximum atomic E-state index is 12.5. The molecule has 158 valence electrons. The Balaban J connectivity index is 1.94. The summed E-state index contributed by atoms with van der Waals surface area (Å²) in [5, 5.41) is 5.28. The van der Waals surface area contributed by atoms with Gasteiger partial charge in [0.2, 0.25) is 0 Å². The van der Waals surface area contributed by atoms with Crippen LogP contribution >= 0.6 is 11.6 Å². The molecule has 0 aliphatic rings. The van der Waals surface area contributed by atoms with Gasteiger partial charge in [-0.25, -0.2) is 4.79 Å². The van der Waals surface area contributed by atoms with Crippen molar-refractivity contribution in [3.05, 3.63) is 70.7 Å². The van der Waals surface area contributed by atoms with Gasteiger partial charge in [0, 0.05) is 16.1 Å². The molecule has 8 heteroatoms. The van der Waals surface area contributed by atoms with Crippen molar-refractivity contribution in [1.82, 2.24) is 10.6 Å². The van der Waals surface area contributed by atoms with Crippen LogP contribution in [-0.4, -0.2) is 36.3 Å². The van der Waals surface area contributed by atoms with Crippen molar-refractivity contribution in [1.29, 1.82) is 0 Å². The third-order valence-corrected chi connectivity index (χ3v) is 4.75. The molecule has 0 spiro atoms. The van der Waals surface area contributed by atoms with Crippen LogP contribution < -0.4 is 10.6 Å². The Kier molecular flexibility index (Phi) is 8.55. The van der Waals surface area contributed by atoms with Crippen molar-refractivity contribution in [2.75, 3.05) is 6.61 Å². The monoisotopic (exact) mass is 430 g/mol. The highest BCUT2D eigenvalue weighted by Gasteiger charge is 2.28. The van der Waals surface area contributed by atoms with Gasteiger partial charge >= 0.3 is 5.97 Å². The molecule has 0 bridgehead atoms. The quantitative estimate of drug-likeness (QED) is 0.627. The second-order valence-corrected chi connectivity index (χ2v) is 7.13. The fourth-order valence-electron chi connectivity index (χ4n) is 2.55. The van der Waals surface area contributed by atoms with Crippen LogP contribution in [-0.2, 0) is 14.3 Å². The number of carbonyl (C=O) groups is 4. The van der Waals surface area contributed by atoms with Crippen molar-refractivity contribution in [2.24, 2.45) is 5.92 Å². The Bertz CT molecular complexity index is 900. The molecular formula is C22H23ClN2O5. The number of amides is 3. The first-order valence-electron chi connectivity index (χ1n) is 9.44. The van der Waals surface area contributed by atoms with Crippen molar-refractivity contribution in [3.8, 4) is 0 Å². The van der Waals surface area contributed by atoms with E-state index in [9.17, 15) is 19.2 Å². The van der Waals surface area contributed by atoms with Crippen LogP contribution in [0, 0.1) is 5.92 Å². The number of carbonyl (C=O) groups excluding carboxylic acids is 4. The molecule has 0 fully saturated rings. The number of halogens is 1. The van der Waals surface area contributed by atoms with E-state index in [-0.39, 0.29) is 5.92 Å². The summed E-state index contributed by atoms with van der Waals surface area (Å²) in [5.74, 6) is -2.80. The molecule has 2 aromatic rings. The van der Waals surface area contributed by atoms with Gasteiger partial charge in [-0.3, -0.25) is 19.7 Å². The number of ether oxygens (including phenoxy) is 1. The second kappa shape index (κ2) is 11.1. The van der Waals surface area contributed by atoms with Crippen molar-refractivity contribution >= 4 is 35.3 Å². The molecule has 7 nitrogen and oxygen atoms in total. The first kappa shape index (κ1) is 23.1. The molecule has 0 radical (unpaired) electrons. The minimum absolute atomic E-state index is 0.234. The lowest BCUT2D eigenvalue weighted by Crippen LogP contribution is -2.47. The van der Waals surface area contributed by atoms with Crippen LogP contribution in [0.15, 0.2) is 54.6 Å². The van der Waals surface area contributed by atoms with Gasteiger partial charge < -0.3 is 10.1 Å². The van der Waals surface area contributed by atoms with Crippen LogP contribution in [0.5, 0.6) is 0 Å². The normalized spacial score (nSPS) is 12.4. The summed E-state index contributed by atoms with van der Waals surface area (Å²) in [7, 11) is 0. The predicted molar refractivity (Wildman–Crippen MR) is 112 cm³/mol. The molecule has 2 rings (SSSR count). The zero-order chi connectivity index (χ0) is 22.1. The maximum absolute atomic E-state index is 12.5. The Morgan fingerprint density at radius 2 is 1.53 bits per heavy atom. The lowest BCUT2D eigenvalue weighted by atomic mass is 9.99. The number of nitrogens with one attached hydrogen (secondary N) is 2. The summed E-state index contributed by atoms with van der Waals surface area (Å²) >= 11 is 5.82. The van der Waals surface area contributed by atoms with E-state index in [4.69, 9.17) is 16.3 Å². The third-order valence-electron chi connectivity index (χ3n) is 4.49. The lowest BCUT2D eigenvalue weighted by Gasteiger charge is -2.22. The highest BCUT2D eigenvalue weighted by Crippen LogP contribution is 2.13. The van der Waals surface area contributed by atoms with Crippen molar-refractivity contribution in [2.45, 2.75) is 26.3 Å². The lowest BCUT2D eigenvalue weighted by molar-refractivity contribution is -0.151. The summed E-state index contributed by atoms with van der Waals surface area (Å²) in [6.07, 6.45) is 0.597. The SMILES string of the molecule is CC[C@H](C)[C@H](NC(=O)c1ccc(Cl)cc1)C(=O)OCC(=O)NC(=O)c1ccccc1. The number of benzene rings is 2. The van der Waals surface area contributed by atoms with Gasteiger partial charge in [0.05, 0.1) is 0 Å². The Morgan fingerprint density at radius 3 is 2.13 bits per heavy atom. The van der Waals surface area contributed by atoms with E-state index in [0.717, 1.165) is 0 Å². The smallest absolute Gasteiger partial charge is 0.329 e. The number of esters is 1. The fraction of sp³-hybridized carbons (Fsp3) is 0.273. The highest BCUT2D eigenvalue weighted by molar-refractivity contribution is 6.30. The molecule has 2 aromatic carbocycles. The highest BCUT2D eigenvalue weighted by atomic mass is 35.5. The molecule has 30 heavy (non-hydrogen) atoms. The second-order valence-electron chi connectivity index (χ2n) is 6.69. The van der Waals surface area contributed by atoms with Gasteiger partial charge in [0.15, 0.2) is 6.61 Å². The zero-order valence-electron chi connectivity index (χ0n) is 16.7.